The number of sulfonamides is 1. The number of rotatable bonds is 4. The zero-order valence-electron chi connectivity index (χ0n) is 12.9. The number of primary amides is 1. The Bertz CT molecular complexity index is 1010. The molecule has 1 amide bonds. The molecule has 0 bridgehead atoms. The van der Waals surface area contributed by atoms with E-state index in [1.807, 2.05) is 30.3 Å². The van der Waals surface area contributed by atoms with E-state index in [-0.39, 0.29) is 10.5 Å². The van der Waals surface area contributed by atoms with Crippen molar-refractivity contribution in [2.45, 2.75) is 4.90 Å². The number of anilines is 1. The molecule has 0 saturated carbocycles. The lowest BCUT2D eigenvalue weighted by Crippen LogP contribution is -2.27. The highest BCUT2D eigenvalue weighted by Gasteiger charge is 2.22. The second-order valence-corrected chi connectivity index (χ2v) is 7.19. The van der Waals surface area contributed by atoms with Gasteiger partial charge >= 0.3 is 0 Å². The van der Waals surface area contributed by atoms with Gasteiger partial charge in [-0.2, -0.15) is 0 Å². The van der Waals surface area contributed by atoms with Gasteiger partial charge < -0.3 is 5.73 Å². The Hall–Kier alpha value is -2.93. The maximum atomic E-state index is 12.7. The van der Waals surface area contributed by atoms with E-state index in [0.717, 1.165) is 9.69 Å². The van der Waals surface area contributed by atoms with Crippen LogP contribution in [0.2, 0.25) is 0 Å². The molecule has 0 spiro atoms. The highest BCUT2D eigenvalue weighted by atomic mass is 32.2. The molecule has 0 saturated heterocycles. The standard InChI is InChI=1S/C17H15N3O3S/c1-20(16-11-8-12-4-2-3-5-15(12)19-16)24(22,23)14-9-6-13(7-10-14)17(18)21/h2-11H,1H3,(H2,18,21). The summed E-state index contributed by atoms with van der Waals surface area (Å²) < 4.78 is 26.5. The predicted molar refractivity (Wildman–Crippen MR) is 92.3 cm³/mol. The van der Waals surface area contributed by atoms with E-state index in [9.17, 15) is 13.2 Å². The maximum absolute atomic E-state index is 12.7. The molecule has 6 nitrogen and oxygen atoms in total. The smallest absolute Gasteiger partial charge is 0.265 e. The lowest BCUT2D eigenvalue weighted by atomic mass is 10.2. The van der Waals surface area contributed by atoms with Crippen molar-refractivity contribution in [3.05, 3.63) is 66.2 Å². The lowest BCUT2D eigenvalue weighted by molar-refractivity contribution is 0.1000. The van der Waals surface area contributed by atoms with Gasteiger partial charge in [-0.3, -0.25) is 9.10 Å². The van der Waals surface area contributed by atoms with Gasteiger partial charge in [-0.1, -0.05) is 18.2 Å². The minimum Gasteiger partial charge on any atom is -0.366 e. The Balaban J connectivity index is 1.99. The molecular formula is C17H15N3O3S. The van der Waals surface area contributed by atoms with Crippen LogP contribution in [0.3, 0.4) is 0 Å². The normalized spacial score (nSPS) is 11.4. The number of fused-ring (bicyclic) bond motifs is 1. The second kappa shape index (κ2) is 5.93. The molecule has 24 heavy (non-hydrogen) atoms. The minimum atomic E-state index is -3.78. The van der Waals surface area contributed by atoms with Crippen molar-refractivity contribution in [1.82, 2.24) is 4.98 Å². The van der Waals surface area contributed by atoms with Crippen molar-refractivity contribution in [2.75, 3.05) is 11.4 Å². The fourth-order valence-electron chi connectivity index (χ4n) is 2.30. The fraction of sp³-hybridized carbons (Fsp3) is 0.0588. The van der Waals surface area contributed by atoms with Crippen LogP contribution in [0.15, 0.2) is 65.6 Å². The van der Waals surface area contributed by atoms with Crippen LogP contribution in [0.4, 0.5) is 5.82 Å². The minimum absolute atomic E-state index is 0.0601. The zero-order valence-corrected chi connectivity index (χ0v) is 13.7. The number of hydrogen-bond donors (Lipinski definition) is 1. The van der Waals surface area contributed by atoms with Gasteiger partial charge in [0.15, 0.2) is 0 Å². The van der Waals surface area contributed by atoms with Gasteiger partial charge in [0.25, 0.3) is 10.0 Å². The number of hydrogen-bond acceptors (Lipinski definition) is 4. The van der Waals surface area contributed by atoms with E-state index >= 15 is 0 Å². The molecule has 7 heteroatoms. The Morgan fingerprint density at radius 2 is 1.67 bits per heavy atom. The zero-order chi connectivity index (χ0) is 17.3. The summed E-state index contributed by atoms with van der Waals surface area (Å²) in [6, 6.07) is 16.4. The number of carbonyl (C=O) groups is 1. The third kappa shape index (κ3) is 2.81. The molecule has 1 heterocycles. The number of pyridine rings is 1. The largest absolute Gasteiger partial charge is 0.366 e. The van der Waals surface area contributed by atoms with Gasteiger partial charge in [0.1, 0.15) is 5.82 Å². The number of amides is 1. The van der Waals surface area contributed by atoms with Crippen LogP contribution < -0.4 is 10.0 Å². The van der Waals surface area contributed by atoms with E-state index in [2.05, 4.69) is 4.98 Å². The highest BCUT2D eigenvalue weighted by molar-refractivity contribution is 7.92. The van der Waals surface area contributed by atoms with E-state index < -0.39 is 15.9 Å². The summed E-state index contributed by atoms with van der Waals surface area (Å²) in [4.78, 5) is 15.5. The summed E-state index contributed by atoms with van der Waals surface area (Å²) in [5, 5.41) is 0.929. The first kappa shape index (κ1) is 15.9. The van der Waals surface area contributed by atoms with E-state index in [1.54, 1.807) is 6.07 Å². The summed E-state index contributed by atoms with van der Waals surface area (Å²) in [7, 11) is -2.35. The molecule has 0 atom stereocenters. The Labute approximate surface area is 139 Å². The molecule has 0 aliphatic carbocycles. The van der Waals surface area contributed by atoms with Gasteiger partial charge in [-0.25, -0.2) is 13.4 Å². The Morgan fingerprint density at radius 3 is 2.33 bits per heavy atom. The SMILES string of the molecule is CN(c1ccc2ccccc2n1)S(=O)(=O)c1ccc(C(N)=O)cc1. The molecule has 1 aromatic heterocycles. The molecule has 0 aliphatic heterocycles. The number of carbonyl (C=O) groups excluding carboxylic acids is 1. The fourth-order valence-corrected chi connectivity index (χ4v) is 3.45. The molecule has 122 valence electrons. The van der Waals surface area contributed by atoms with Crippen molar-refractivity contribution >= 4 is 32.7 Å². The van der Waals surface area contributed by atoms with Crippen LogP contribution in [-0.2, 0) is 10.0 Å². The molecular weight excluding hydrogens is 326 g/mol. The van der Waals surface area contributed by atoms with Crippen LogP contribution in [-0.4, -0.2) is 26.4 Å². The van der Waals surface area contributed by atoms with Crippen LogP contribution in [0.1, 0.15) is 10.4 Å². The van der Waals surface area contributed by atoms with Gasteiger partial charge in [-0.05, 0) is 42.5 Å². The molecule has 2 N–H and O–H groups in total. The van der Waals surface area contributed by atoms with Crippen molar-refractivity contribution in [3.8, 4) is 0 Å². The van der Waals surface area contributed by atoms with E-state index in [4.69, 9.17) is 5.73 Å². The topological polar surface area (TPSA) is 93.4 Å². The van der Waals surface area contributed by atoms with Crippen molar-refractivity contribution < 1.29 is 13.2 Å². The number of aromatic nitrogens is 1. The van der Waals surface area contributed by atoms with Crippen LogP contribution in [0.25, 0.3) is 10.9 Å². The predicted octanol–water partition coefficient (Wildman–Crippen LogP) is 2.16. The molecule has 3 rings (SSSR count). The third-order valence-electron chi connectivity index (χ3n) is 3.70. The Morgan fingerprint density at radius 1 is 1.00 bits per heavy atom. The van der Waals surface area contributed by atoms with Gasteiger partial charge in [0, 0.05) is 18.0 Å². The summed E-state index contributed by atoms with van der Waals surface area (Å²) in [5.41, 5.74) is 6.13. The van der Waals surface area contributed by atoms with Gasteiger partial charge in [0.05, 0.1) is 10.4 Å². The highest BCUT2D eigenvalue weighted by Crippen LogP contribution is 2.23. The van der Waals surface area contributed by atoms with E-state index in [1.165, 1.54) is 31.3 Å². The van der Waals surface area contributed by atoms with Crippen molar-refractivity contribution in [1.29, 1.82) is 0 Å². The summed E-state index contributed by atoms with van der Waals surface area (Å²) in [6.07, 6.45) is 0. The van der Waals surface area contributed by atoms with Crippen LogP contribution in [0, 0.1) is 0 Å². The van der Waals surface area contributed by atoms with E-state index in [0.29, 0.717) is 11.3 Å². The van der Waals surface area contributed by atoms with Crippen molar-refractivity contribution in [2.24, 2.45) is 5.73 Å². The van der Waals surface area contributed by atoms with Gasteiger partial charge in [0.2, 0.25) is 5.91 Å². The number of benzene rings is 2. The van der Waals surface area contributed by atoms with Crippen LogP contribution in [0.5, 0.6) is 0 Å². The average molecular weight is 341 g/mol. The Kier molecular flexibility index (Phi) is 3.94. The summed E-state index contributed by atoms with van der Waals surface area (Å²) >= 11 is 0. The van der Waals surface area contributed by atoms with Gasteiger partial charge in [-0.15, -0.1) is 0 Å². The summed E-state index contributed by atoms with van der Waals surface area (Å²) in [6.45, 7) is 0. The first-order chi connectivity index (χ1) is 11.4. The molecule has 0 aliphatic rings. The maximum Gasteiger partial charge on any atom is 0.265 e. The molecule has 0 radical (unpaired) electrons. The van der Waals surface area contributed by atoms with Crippen molar-refractivity contribution in [3.63, 3.8) is 0 Å². The monoisotopic (exact) mass is 341 g/mol. The lowest BCUT2D eigenvalue weighted by Gasteiger charge is -2.19. The number of nitrogens with zero attached hydrogens (tertiary/aromatic N) is 2. The quantitative estimate of drug-likeness (QED) is 0.787. The first-order valence-corrected chi connectivity index (χ1v) is 8.58. The molecule has 2 aromatic carbocycles. The first-order valence-electron chi connectivity index (χ1n) is 7.14. The number of para-hydroxylation sites is 1. The number of nitrogens with two attached hydrogens (primary N) is 1. The third-order valence-corrected chi connectivity index (χ3v) is 5.48. The molecule has 0 fully saturated rings. The average Bonchev–Trinajstić information content (AvgIpc) is 2.60. The molecule has 3 aromatic rings. The summed E-state index contributed by atoms with van der Waals surface area (Å²) in [5.74, 6) is -0.295. The molecule has 0 unspecified atom stereocenters. The second-order valence-electron chi connectivity index (χ2n) is 5.22. The van der Waals surface area contributed by atoms with Crippen LogP contribution >= 0.6 is 0 Å².